The second-order valence-corrected chi connectivity index (χ2v) is 5.70. The predicted molar refractivity (Wildman–Crippen MR) is 68.4 cm³/mol. The number of aliphatic hydroxyl groups excluding tert-OH is 1. The minimum absolute atomic E-state index is 0.0982. The minimum Gasteiger partial charge on any atom is -0.392 e. The summed E-state index contributed by atoms with van der Waals surface area (Å²) in [5.74, 6) is -0.881. The molecule has 0 saturated carbocycles. The van der Waals surface area contributed by atoms with E-state index < -0.39 is 20.7 Å². The van der Waals surface area contributed by atoms with E-state index in [2.05, 4.69) is 14.9 Å². The molecule has 1 aromatic heterocycles. The lowest BCUT2D eigenvalue weighted by Gasteiger charge is -2.08. The number of hydrogen-bond acceptors (Lipinski definition) is 5. The third-order valence-corrected chi connectivity index (χ3v) is 3.95. The predicted octanol–water partition coefficient (Wildman–Crippen LogP) is 0.586. The molecule has 0 radical (unpaired) electrons. The highest BCUT2D eigenvalue weighted by atomic mass is 32.2. The first-order chi connectivity index (χ1) is 9.53. The average Bonchev–Trinajstić information content (AvgIpc) is 2.47. The summed E-state index contributed by atoms with van der Waals surface area (Å²) in [7, 11) is -4.03. The molecule has 0 aliphatic rings. The highest BCUT2D eigenvalue weighted by Crippen LogP contribution is 2.16. The summed E-state index contributed by atoms with van der Waals surface area (Å²) < 4.78 is 39.9. The van der Waals surface area contributed by atoms with Crippen LogP contribution in [0, 0.1) is 5.82 Å². The van der Waals surface area contributed by atoms with Gasteiger partial charge in [0.15, 0.2) is 0 Å². The van der Waals surface area contributed by atoms with Gasteiger partial charge in [0.05, 0.1) is 18.8 Å². The van der Waals surface area contributed by atoms with Gasteiger partial charge in [0, 0.05) is 6.20 Å². The Kier molecular flexibility index (Phi) is 4.38. The Balaban J connectivity index is 2.22. The van der Waals surface area contributed by atoms with Gasteiger partial charge in [-0.3, -0.25) is 0 Å². The van der Waals surface area contributed by atoms with Crippen LogP contribution in [0.3, 0.4) is 0 Å². The number of nitrogens with one attached hydrogen (secondary N) is 1. The molecule has 6 nitrogen and oxygen atoms in total. The molecule has 106 valence electrons. The standard InChI is InChI=1S/C12H12FN3O3S/c13-11-4-3-9(8-17)6-12(11)20(18,19)15-7-10-2-1-5-14-16-10/h1-6,15,17H,7-8H2. The number of sulfonamides is 1. The maximum atomic E-state index is 13.6. The molecule has 0 unspecified atom stereocenters. The van der Waals surface area contributed by atoms with Crippen molar-refractivity contribution in [1.29, 1.82) is 0 Å². The van der Waals surface area contributed by atoms with Crippen molar-refractivity contribution in [2.45, 2.75) is 18.0 Å². The summed E-state index contributed by atoms with van der Waals surface area (Å²) >= 11 is 0. The molecule has 2 rings (SSSR count). The topological polar surface area (TPSA) is 92.2 Å². The Bertz CT molecular complexity index is 692. The van der Waals surface area contributed by atoms with Crippen LogP contribution in [0.25, 0.3) is 0 Å². The number of benzene rings is 1. The van der Waals surface area contributed by atoms with Crippen LogP contribution in [-0.2, 0) is 23.2 Å². The van der Waals surface area contributed by atoms with Crippen LogP contribution in [0.15, 0.2) is 41.4 Å². The van der Waals surface area contributed by atoms with Gasteiger partial charge in [-0.1, -0.05) is 6.07 Å². The molecule has 1 heterocycles. The largest absolute Gasteiger partial charge is 0.392 e. The highest BCUT2D eigenvalue weighted by Gasteiger charge is 2.19. The average molecular weight is 297 g/mol. The quantitative estimate of drug-likeness (QED) is 0.842. The van der Waals surface area contributed by atoms with Crippen LogP contribution < -0.4 is 4.72 Å². The molecular formula is C12H12FN3O3S. The number of aromatic nitrogens is 2. The Morgan fingerprint density at radius 2 is 2.10 bits per heavy atom. The highest BCUT2D eigenvalue weighted by molar-refractivity contribution is 7.89. The van der Waals surface area contributed by atoms with E-state index in [1.54, 1.807) is 12.1 Å². The van der Waals surface area contributed by atoms with E-state index in [0.717, 1.165) is 12.1 Å². The molecule has 0 saturated heterocycles. The van der Waals surface area contributed by atoms with Gasteiger partial charge < -0.3 is 5.11 Å². The van der Waals surface area contributed by atoms with E-state index >= 15 is 0 Å². The van der Waals surface area contributed by atoms with Crippen molar-refractivity contribution in [3.05, 3.63) is 53.6 Å². The van der Waals surface area contributed by atoms with Crippen molar-refractivity contribution in [2.75, 3.05) is 0 Å². The minimum atomic E-state index is -4.03. The van der Waals surface area contributed by atoms with Gasteiger partial charge in [0.25, 0.3) is 0 Å². The van der Waals surface area contributed by atoms with Crippen LogP contribution in [0.2, 0.25) is 0 Å². The van der Waals surface area contributed by atoms with E-state index in [9.17, 15) is 12.8 Å². The van der Waals surface area contributed by atoms with Crippen molar-refractivity contribution in [3.63, 3.8) is 0 Å². The molecule has 0 aliphatic carbocycles. The van der Waals surface area contributed by atoms with Gasteiger partial charge in [-0.05, 0) is 29.8 Å². The molecule has 0 spiro atoms. The molecular weight excluding hydrogens is 285 g/mol. The monoisotopic (exact) mass is 297 g/mol. The first kappa shape index (κ1) is 14.5. The maximum Gasteiger partial charge on any atom is 0.243 e. The number of nitrogens with zero attached hydrogens (tertiary/aromatic N) is 2. The van der Waals surface area contributed by atoms with Gasteiger partial charge in [0.2, 0.25) is 10.0 Å². The summed E-state index contributed by atoms with van der Waals surface area (Å²) in [5, 5.41) is 16.3. The molecule has 0 aliphatic heterocycles. The Morgan fingerprint density at radius 1 is 1.30 bits per heavy atom. The Morgan fingerprint density at radius 3 is 2.75 bits per heavy atom. The fourth-order valence-electron chi connectivity index (χ4n) is 1.53. The first-order valence-corrected chi connectivity index (χ1v) is 7.17. The second-order valence-electron chi connectivity index (χ2n) is 3.96. The smallest absolute Gasteiger partial charge is 0.243 e. The van der Waals surface area contributed by atoms with E-state index in [1.807, 2.05) is 0 Å². The van der Waals surface area contributed by atoms with Gasteiger partial charge in [-0.2, -0.15) is 10.2 Å². The van der Waals surface area contributed by atoms with Crippen molar-refractivity contribution in [2.24, 2.45) is 0 Å². The molecule has 0 atom stereocenters. The third-order valence-electron chi connectivity index (χ3n) is 2.54. The van der Waals surface area contributed by atoms with Crippen LogP contribution in [-0.4, -0.2) is 23.7 Å². The van der Waals surface area contributed by atoms with Crippen LogP contribution in [0.1, 0.15) is 11.3 Å². The number of hydrogen-bond donors (Lipinski definition) is 2. The van der Waals surface area contributed by atoms with Crippen LogP contribution >= 0.6 is 0 Å². The zero-order valence-corrected chi connectivity index (χ0v) is 11.1. The third kappa shape index (κ3) is 3.35. The molecule has 1 aromatic carbocycles. The van der Waals surface area contributed by atoms with Gasteiger partial charge in [0.1, 0.15) is 10.7 Å². The molecule has 2 aromatic rings. The normalized spacial score (nSPS) is 11.5. The summed E-state index contributed by atoms with van der Waals surface area (Å²) in [6, 6.07) is 6.62. The van der Waals surface area contributed by atoms with Crippen molar-refractivity contribution >= 4 is 10.0 Å². The fourth-order valence-corrected chi connectivity index (χ4v) is 2.65. The molecule has 20 heavy (non-hydrogen) atoms. The summed E-state index contributed by atoms with van der Waals surface area (Å²) in [6.45, 7) is -0.466. The second kappa shape index (κ2) is 6.04. The lowest BCUT2D eigenvalue weighted by molar-refractivity contribution is 0.281. The lowest BCUT2D eigenvalue weighted by Crippen LogP contribution is -2.25. The van der Waals surface area contributed by atoms with Gasteiger partial charge in [-0.25, -0.2) is 17.5 Å². The first-order valence-electron chi connectivity index (χ1n) is 5.68. The maximum absolute atomic E-state index is 13.6. The zero-order valence-electron chi connectivity index (χ0n) is 10.3. The van der Waals surface area contributed by atoms with Crippen LogP contribution in [0.5, 0.6) is 0 Å². The SMILES string of the molecule is O=S(=O)(NCc1cccnn1)c1cc(CO)ccc1F. The van der Waals surface area contributed by atoms with Gasteiger partial charge >= 0.3 is 0 Å². The Labute approximate surface area is 115 Å². The number of aliphatic hydroxyl groups is 1. The summed E-state index contributed by atoms with van der Waals surface area (Å²) in [5.41, 5.74) is 0.723. The van der Waals surface area contributed by atoms with E-state index in [1.165, 1.54) is 12.3 Å². The van der Waals surface area contributed by atoms with Crippen molar-refractivity contribution in [3.8, 4) is 0 Å². The fraction of sp³-hybridized carbons (Fsp3) is 0.167. The number of halogens is 1. The van der Waals surface area contributed by atoms with Crippen molar-refractivity contribution < 1.29 is 17.9 Å². The lowest BCUT2D eigenvalue weighted by atomic mass is 10.2. The summed E-state index contributed by atoms with van der Waals surface area (Å²) in [6.07, 6.45) is 1.46. The Hall–Kier alpha value is -1.90. The van der Waals surface area contributed by atoms with E-state index in [-0.39, 0.29) is 13.2 Å². The summed E-state index contributed by atoms with van der Waals surface area (Å²) in [4.78, 5) is -0.507. The van der Waals surface area contributed by atoms with E-state index in [4.69, 9.17) is 5.11 Å². The molecule has 0 bridgehead atoms. The molecule has 0 fully saturated rings. The number of rotatable bonds is 5. The molecule has 0 amide bonds. The molecule has 2 N–H and O–H groups in total. The molecule has 8 heteroatoms. The zero-order chi connectivity index (χ0) is 14.6. The van der Waals surface area contributed by atoms with Crippen molar-refractivity contribution in [1.82, 2.24) is 14.9 Å². The van der Waals surface area contributed by atoms with Gasteiger partial charge in [-0.15, -0.1) is 0 Å². The van der Waals surface area contributed by atoms with E-state index in [0.29, 0.717) is 11.3 Å². The van der Waals surface area contributed by atoms with Crippen LogP contribution in [0.4, 0.5) is 4.39 Å².